The minimum atomic E-state index is 1.16. The van der Waals surface area contributed by atoms with Crippen LogP contribution in [0.5, 0.6) is 0 Å². The standard InChI is InChI=1S/C18H18N2/c1-15-10-12-16(13-11-15)18-9-6-14-20(18)19(2)17-7-4-3-5-8-17/h3-14H,1-2H3. The Morgan fingerprint density at radius 2 is 1.50 bits per heavy atom. The van der Waals surface area contributed by atoms with E-state index in [2.05, 4.69) is 90.5 Å². The Balaban J connectivity index is 2.00. The van der Waals surface area contributed by atoms with E-state index in [4.69, 9.17) is 0 Å². The van der Waals surface area contributed by atoms with E-state index < -0.39 is 0 Å². The van der Waals surface area contributed by atoms with Gasteiger partial charge in [-0.25, -0.2) is 0 Å². The maximum atomic E-state index is 2.17. The van der Waals surface area contributed by atoms with E-state index in [1.54, 1.807) is 0 Å². The lowest BCUT2D eigenvalue weighted by molar-refractivity contribution is 0.788. The highest BCUT2D eigenvalue weighted by Gasteiger charge is 2.08. The Morgan fingerprint density at radius 1 is 0.800 bits per heavy atom. The molecule has 0 unspecified atom stereocenters. The van der Waals surface area contributed by atoms with Crippen molar-refractivity contribution in [1.82, 2.24) is 4.68 Å². The number of nitrogens with zero attached hydrogens (tertiary/aromatic N) is 2. The summed E-state index contributed by atoms with van der Waals surface area (Å²) in [4.78, 5) is 0. The van der Waals surface area contributed by atoms with Gasteiger partial charge >= 0.3 is 0 Å². The Morgan fingerprint density at radius 3 is 2.20 bits per heavy atom. The van der Waals surface area contributed by atoms with Crippen LogP contribution >= 0.6 is 0 Å². The van der Waals surface area contributed by atoms with Crippen LogP contribution in [0, 0.1) is 6.92 Å². The predicted octanol–water partition coefficient (Wildman–Crippen LogP) is 4.36. The Hall–Kier alpha value is -2.48. The molecule has 2 aromatic carbocycles. The largest absolute Gasteiger partial charge is 0.284 e. The van der Waals surface area contributed by atoms with E-state index in [-0.39, 0.29) is 0 Å². The van der Waals surface area contributed by atoms with Crippen molar-refractivity contribution in [2.45, 2.75) is 6.92 Å². The van der Waals surface area contributed by atoms with Gasteiger partial charge in [-0.15, -0.1) is 0 Å². The number of hydrogen-bond acceptors (Lipinski definition) is 1. The van der Waals surface area contributed by atoms with E-state index in [1.807, 2.05) is 6.07 Å². The van der Waals surface area contributed by atoms with Crippen LogP contribution in [0.15, 0.2) is 72.9 Å². The molecule has 0 fully saturated rings. The number of aromatic nitrogens is 1. The van der Waals surface area contributed by atoms with E-state index >= 15 is 0 Å². The van der Waals surface area contributed by atoms with Crippen LogP contribution in [0.4, 0.5) is 5.69 Å². The SMILES string of the molecule is Cc1ccc(-c2cccn2N(C)c2ccccc2)cc1. The molecule has 0 N–H and O–H groups in total. The first-order valence-corrected chi connectivity index (χ1v) is 6.79. The third kappa shape index (κ3) is 2.32. The molecule has 1 aromatic heterocycles. The molecule has 0 aliphatic carbocycles. The van der Waals surface area contributed by atoms with Gasteiger partial charge in [0, 0.05) is 18.8 Å². The molecule has 1 heterocycles. The first-order chi connectivity index (χ1) is 9.75. The zero-order valence-electron chi connectivity index (χ0n) is 11.8. The molecule has 0 aliphatic rings. The summed E-state index contributed by atoms with van der Waals surface area (Å²) >= 11 is 0. The lowest BCUT2D eigenvalue weighted by Crippen LogP contribution is -2.24. The van der Waals surface area contributed by atoms with Crippen molar-refractivity contribution in [2.75, 3.05) is 12.1 Å². The molecule has 0 radical (unpaired) electrons. The van der Waals surface area contributed by atoms with E-state index in [9.17, 15) is 0 Å². The normalized spacial score (nSPS) is 10.5. The molecule has 0 spiro atoms. The van der Waals surface area contributed by atoms with Crippen molar-refractivity contribution in [2.24, 2.45) is 0 Å². The second-order valence-electron chi connectivity index (χ2n) is 4.96. The first kappa shape index (κ1) is 12.5. The number of anilines is 1. The van der Waals surface area contributed by atoms with Gasteiger partial charge in [-0.05, 0) is 31.2 Å². The zero-order valence-corrected chi connectivity index (χ0v) is 11.8. The molecule has 0 saturated heterocycles. The van der Waals surface area contributed by atoms with Crippen molar-refractivity contribution >= 4 is 5.69 Å². The summed E-state index contributed by atoms with van der Waals surface area (Å²) in [5.41, 5.74) is 4.86. The molecule has 2 heteroatoms. The topological polar surface area (TPSA) is 8.17 Å². The van der Waals surface area contributed by atoms with Gasteiger partial charge in [0.25, 0.3) is 0 Å². The summed E-state index contributed by atoms with van der Waals surface area (Å²) in [6.07, 6.45) is 2.09. The van der Waals surface area contributed by atoms with Crippen molar-refractivity contribution in [3.8, 4) is 11.3 Å². The van der Waals surface area contributed by atoms with Crippen LogP contribution in [-0.4, -0.2) is 11.7 Å². The highest BCUT2D eigenvalue weighted by molar-refractivity contribution is 5.62. The second-order valence-corrected chi connectivity index (χ2v) is 4.96. The molecular formula is C18H18N2. The number of aryl methyl sites for hydroxylation is 1. The lowest BCUT2D eigenvalue weighted by atomic mass is 10.1. The molecule has 100 valence electrons. The maximum absolute atomic E-state index is 2.17. The number of rotatable bonds is 3. The second kappa shape index (κ2) is 5.25. The quantitative estimate of drug-likeness (QED) is 0.680. The molecule has 3 aromatic rings. The number of hydrogen-bond donors (Lipinski definition) is 0. The molecule has 0 atom stereocenters. The molecule has 0 amide bonds. The highest BCUT2D eigenvalue weighted by atomic mass is 15.5. The molecule has 0 bridgehead atoms. The minimum absolute atomic E-state index is 1.16. The summed E-state index contributed by atoms with van der Waals surface area (Å²) in [6, 6.07) is 23.2. The van der Waals surface area contributed by atoms with Gasteiger partial charge in [0.2, 0.25) is 0 Å². The van der Waals surface area contributed by atoms with Crippen molar-refractivity contribution < 1.29 is 0 Å². The van der Waals surface area contributed by atoms with Gasteiger partial charge in [0.15, 0.2) is 0 Å². The molecule has 20 heavy (non-hydrogen) atoms. The lowest BCUT2D eigenvalue weighted by Gasteiger charge is -2.23. The van der Waals surface area contributed by atoms with E-state index in [1.165, 1.54) is 16.8 Å². The van der Waals surface area contributed by atoms with Gasteiger partial charge in [-0.1, -0.05) is 48.0 Å². The van der Waals surface area contributed by atoms with E-state index in [0.717, 1.165) is 5.69 Å². The van der Waals surface area contributed by atoms with Gasteiger partial charge < -0.3 is 0 Å². The van der Waals surface area contributed by atoms with Gasteiger partial charge in [0.05, 0.1) is 11.4 Å². The average molecular weight is 262 g/mol. The van der Waals surface area contributed by atoms with Crippen LogP contribution in [0.2, 0.25) is 0 Å². The average Bonchev–Trinajstić information content (AvgIpc) is 2.97. The van der Waals surface area contributed by atoms with Gasteiger partial charge in [-0.3, -0.25) is 9.69 Å². The smallest absolute Gasteiger partial charge is 0.0698 e. The van der Waals surface area contributed by atoms with Gasteiger partial charge in [0.1, 0.15) is 0 Å². The van der Waals surface area contributed by atoms with Gasteiger partial charge in [-0.2, -0.15) is 0 Å². The first-order valence-electron chi connectivity index (χ1n) is 6.79. The minimum Gasteiger partial charge on any atom is -0.284 e. The summed E-state index contributed by atoms with van der Waals surface area (Å²) in [5, 5.41) is 2.15. The molecule has 0 saturated carbocycles. The monoisotopic (exact) mass is 262 g/mol. The summed E-state index contributed by atoms with van der Waals surface area (Å²) in [6.45, 7) is 2.11. The van der Waals surface area contributed by atoms with Crippen LogP contribution in [0.3, 0.4) is 0 Å². The van der Waals surface area contributed by atoms with Crippen LogP contribution in [-0.2, 0) is 0 Å². The van der Waals surface area contributed by atoms with Crippen LogP contribution in [0.1, 0.15) is 5.56 Å². The fraction of sp³-hybridized carbons (Fsp3) is 0.111. The molecule has 3 rings (SSSR count). The zero-order chi connectivity index (χ0) is 13.9. The predicted molar refractivity (Wildman–Crippen MR) is 84.8 cm³/mol. The maximum Gasteiger partial charge on any atom is 0.0698 e. The van der Waals surface area contributed by atoms with E-state index in [0.29, 0.717) is 0 Å². The molecule has 0 aliphatic heterocycles. The molecular weight excluding hydrogens is 244 g/mol. The van der Waals surface area contributed by atoms with Crippen LogP contribution in [0.25, 0.3) is 11.3 Å². The Labute approximate surface area is 119 Å². The fourth-order valence-electron chi connectivity index (χ4n) is 2.35. The van der Waals surface area contributed by atoms with Crippen LogP contribution < -0.4 is 5.01 Å². The molecule has 2 nitrogen and oxygen atoms in total. The summed E-state index contributed by atoms with van der Waals surface area (Å²) in [5.74, 6) is 0. The summed E-state index contributed by atoms with van der Waals surface area (Å²) in [7, 11) is 2.08. The highest BCUT2D eigenvalue weighted by Crippen LogP contribution is 2.23. The number of benzene rings is 2. The number of para-hydroxylation sites is 1. The Kier molecular flexibility index (Phi) is 3.30. The van der Waals surface area contributed by atoms with Crippen molar-refractivity contribution in [1.29, 1.82) is 0 Å². The third-order valence-electron chi connectivity index (χ3n) is 3.53. The van der Waals surface area contributed by atoms with Crippen molar-refractivity contribution in [3.05, 3.63) is 78.5 Å². The Bertz CT molecular complexity index is 681. The fourth-order valence-corrected chi connectivity index (χ4v) is 2.35. The van der Waals surface area contributed by atoms with Crippen molar-refractivity contribution in [3.63, 3.8) is 0 Å². The third-order valence-corrected chi connectivity index (χ3v) is 3.53. The summed E-state index contributed by atoms with van der Waals surface area (Å²) < 4.78 is 2.17.